The zero-order valence-corrected chi connectivity index (χ0v) is 17.6. The van der Waals surface area contributed by atoms with Crippen LogP contribution >= 0.6 is 11.8 Å². The van der Waals surface area contributed by atoms with Crippen LogP contribution in [0, 0.1) is 0 Å². The topological polar surface area (TPSA) is 96.6 Å². The highest BCUT2D eigenvalue weighted by Gasteiger charge is 2.35. The summed E-state index contributed by atoms with van der Waals surface area (Å²) < 4.78 is 10.2. The van der Waals surface area contributed by atoms with Gasteiger partial charge in [-0.15, -0.1) is 0 Å². The number of nitrogens with zero attached hydrogens (tertiary/aromatic N) is 2. The van der Waals surface area contributed by atoms with E-state index < -0.39 is 12.0 Å². The molecule has 29 heavy (non-hydrogen) atoms. The molecule has 1 unspecified atom stereocenters. The number of rotatable bonds is 7. The predicted molar refractivity (Wildman–Crippen MR) is 111 cm³/mol. The van der Waals surface area contributed by atoms with Crippen molar-refractivity contribution >= 4 is 23.8 Å². The molecule has 9 heteroatoms. The molecular formula is C20H26N4O4S. The van der Waals surface area contributed by atoms with E-state index in [1.807, 2.05) is 30.5 Å². The molecule has 3 rings (SSSR count). The van der Waals surface area contributed by atoms with Gasteiger partial charge >= 0.3 is 12.0 Å². The number of fused-ring (bicyclic) bond motifs is 1. The number of carbonyl (C=O) groups excluding carboxylic acids is 2. The zero-order valence-electron chi connectivity index (χ0n) is 16.8. The smallest absolute Gasteiger partial charge is 0.328 e. The second-order valence-electron chi connectivity index (χ2n) is 6.70. The number of hydrogen-bond donors (Lipinski definition) is 2. The van der Waals surface area contributed by atoms with E-state index in [1.165, 1.54) is 7.11 Å². The van der Waals surface area contributed by atoms with Crippen LogP contribution in [0.2, 0.25) is 0 Å². The number of carbonyl (C=O) groups is 2. The maximum Gasteiger partial charge on any atom is 0.328 e. The number of nitrogens with one attached hydrogen (secondary N) is 2. The van der Waals surface area contributed by atoms with Gasteiger partial charge in [-0.25, -0.2) is 14.6 Å². The van der Waals surface area contributed by atoms with Crippen molar-refractivity contribution in [3.05, 3.63) is 47.5 Å². The van der Waals surface area contributed by atoms with Crippen LogP contribution in [-0.2, 0) is 16.0 Å². The lowest BCUT2D eigenvalue weighted by Crippen LogP contribution is -2.51. The van der Waals surface area contributed by atoms with Gasteiger partial charge in [-0.2, -0.15) is 11.8 Å². The molecular weight excluding hydrogens is 392 g/mol. The number of hydrogen-bond acceptors (Lipinski definition) is 6. The third-order valence-corrected chi connectivity index (χ3v) is 5.63. The van der Waals surface area contributed by atoms with Crippen molar-refractivity contribution in [2.24, 2.45) is 0 Å². The molecule has 1 aromatic carbocycles. The monoisotopic (exact) mass is 418 g/mol. The van der Waals surface area contributed by atoms with E-state index >= 15 is 0 Å². The summed E-state index contributed by atoms with van der Waals surface area (Å²) >= 11 is 1.61. The average molecular weight is 419 g/mol. The third-order valence-electron chi connectivity index (χ3n) is 4.99. The van der Waals surface area contributed by atoms with E-state index in [0.29, 0.717) is 25.1 Å². The Labute approximate surface area is 174 Å². The minimum Gasteiger partial charge on any atom is -0.497 e. The van der Waals surface area contributed by atoms with Crippen LogP contribution in [0.4, 0.5) is 4.79 Å². The molecule has 1 aliphatic heterocycles. The summed E-state index contributed by atoms with van der Waals surface area (Å²) in [5, 5.41) is 2.85. The highest BCUT2D eigenvalue weighted by molar-refractivity contribution is 7.98. The SMILES string of the molecule is COC(=O)[C@H](CCSC)NC(=O)N1CCc2[nH]cnc2C1c1cccc(OC)c1. The molecule has 0 spiro atoms. The number of methoxy groups -OCH3 is 2. The summed E-state index contributed by atoms with van der Waals surface area (Å²) in [6.07, 6.45) is 4.77. The van der Waals surface area contributed by atoms with Crippen LogP contribution in [0.3, 0.4) is 0 Å². The molecule has 8 nitrogen and oxygen atoms in total. The van der Waals surface area contributed by atoms with Gasteiger partial charge < -0.3 is 24.7 Å². The number of urea groups is 1. The van der Waals surface area contributed by atoms with Gasteiger partial charge in [0.25, 0.3) is 0 Å². The van der Waals surface area contributed by atoms with Crippen molar-refractivity contribution in [3.8, 4) is 5.75 Å². The van der Waals surface area contributed by atoms with Gasteiger partial charge in [-0.1, -0.05) is 12.1 Å². The molecule has 1 aromatic heterocycles. The zero-order chi connectivity index (χ0) is 20.8. The molecule has 2 aromatic rings. The van der Waals surface area contributed by atoms with E-state index in [1.54, 1.807) is 30.1 Å². The Balaban J connectivity index is 1.89. The lowest BCUT2D eigenvalue weighted by atomic mass is 9.95. The average Bonchev–Trinajstić information content (AvgIpc) is 3.24. The van der Waals surface area contributed by atoms with Crippen molar-refractivity contribution in [1.29, 1.82) is 0 Å². The maximum absolute atomic E-state index is 13.2. The number of thioether (sulfide) groups is 1. The molecule has 0 fully saturated rings. The highest BCUT2D eigenvalue weighted by Crippen LogP contribution is 2.34. The molecule has 2 amide bonds. The summed E-state index contributed by atoms with van der Waals surface area (Å²) in [7, 11) is 2.94. The minimum absolute atomic E-state index is 0.317. The maximum atomic E-state index is 13.2. The van der Waals surface area contributed by atoms with E-state index in [2.05, 4.69) is 15.3 Å². The van der Waals surface area contributed by atoms with Gasteiger partial charge in [-0.3, -0.25) is 0 Å². The van der Waals surface area contributed by atoms with Gasteiger partial charge in [0, 0.05) is 18.7 Å². The number of H-pyrrole nitrogens is 1. The van der Waals surface area contributed by atoms with E-state index in [4.69, 9.17) is 9.47 Å². The number of aromatic nitrogens is 2. The van der Waals surface area contributed by atoms with Crippen molar-refractivity contribution in [1.82, 2.24) is 20.2 Å². The van der Waals surface area contributed by atoms with E-state index in [9.17, 15) is 9.59 Å². The van der Waals surface area contributed by atoms with Crippen LogP contribution in [-0.4, -0.2) is 65.7 Å². The van der Waals surface area contributed by atoms with Gasteiger partial charge in [0.05, 0.1) is 26.2 Å². The van der Waals surface area contributed by atoms with Crippen LogP contribution < -0.4 is 10.1 Å². The Morgan fingerprint density at radius 3 is 2.97 bits per heavy atom. The number of amides is 2. The first kappa shape index (κ1) is 21.0. The number of ether oxygens (including phenoxy) is 2. The first-order valence-electron chi connectivity index (χ1n) is 9.39. The van der Waals surface area contributed by atoms with E-state index in [0.717, 1.165) is 22.7 Å². The molecule has 0 radical (unpaired) electrons. The molecule has 2 heterocycles. The summed E-state index contributed by atoms with van der Waals surface area (Å²) in [6, 6.07) is 6.22. The molecule has 0 saturated carbocycles. The fourth-order valence-corrected chi connectivity index (χ4v) is 3.97. The second-order valence-corrected chi connectivity index (χ2v) is 7.68. The van der Waals surface area contributed by atoms with Crippen LogP contribution in [0.1, 0.15) is 29.4 Å². The normalized spacial score (nSPS) is 16.7. The number of imidazole rings is 1. The predicted octanol–water partition coefficient (Wildman–Crippen LogP) is 2.37. The molecule has 156 valence electrons. The first-order chi connectivity index (χ1) is 14.1. The molecule has 2 N–H and O–H groups in total. The quantitative estimate of drug-likeness (QED) is 0.670. The van der Waals surface area contributed by atoms with Crippen LogP contribution in [0.25, 0.3) is 0 Å². The standard InChI is InChI=1S/C20H26N4O4S/c1-27-14-6-4-5-13(11-14)18-17-15(21-12-22-17)7-9-24(18)20(26)23-16(8-10-29-3)19(25)28-2/h4-6,11-12,16,18H,7-10H2,1-3H3,(H,21,22)(H,23,26)/t16-,18?/m0/s1. The number of esters is 1. The van der Waals surface area contributed by atoms with Crippen molar-refractivity contribution in [2.75, 3.05) is 32.8 Å². The lowest BCUT2D eigenvalue weighted by Gasteiger charge is -2.36. The fourth-order valence-electron chi connectivity index (χ4n) is 3.50. The van der Waals surface area contributed by atoms with Gasteiger partial charge in [-0.05, 0) is 36.1 Å². The largest absolute Gasteiger partial charge is 0.497 e. The van der Waals surface area contributed by atoms with Gasteiger partial charge in [0.15, 0.2) is 0 Å². The van der Waals surface area contributed by atoms with Crippen molar-refractivity contribution in [2.45, 2.75) is 24.9 Å². The molecule has 2 atom stereocenters. The second kappa shape index (κ2) is 9.69. The van der Waals surface area contributed by atoms with Crippen molar-refractivity contribution in [3.63, 3.8) is 0 Å². The Morgan fingerprint density at radius 2 is 2.24 bits per heavy atom. The summed E-state index contributed by atoms with van der Waals surface area (Å²) in [4.78, 5) is 34.7. The Bertz CT molecular complexity index is 857. The third kappa shape index (κ3) is 4.67. The summed E-state index contributed by atoms with van der Waals surface area (Å²) in [5.74, 6) is 1.00. The summed E-state index contributed by atoms with van der Waals surface area (Å²) in [6.45, 7) is 0.499. The molecule has 0 bridgehead atoms. The first-order valence-corrected chi connectivity index (χ1v) is 10.8. The molecule has 1 aliphatic rings. The van der Waals surface area contributed by atoms with E-state index in [-0.39, 0.29) is 12.1 Å². The van der Waals surface area contributed by atoms with Gasteiger partial charge in [0.1, 0.15) is 17.8 Å². The van der Waals surface area contributed by atoms with Crippen LogP contribution in [0.15, 0.2) is 30.6 Å². The Kier molecular flexibility index (Phi) is 7.03. The molecule has 0 aliphatic carbocycles. The number of aromatic amines is 1. The van der Waals surface area contributed by atoms with Crippen molar-refractivity contribution < 1.29 is 19.1 Å². The minimum atomic E-state index is -0.688. The lowest BCUT2D eigenvalue weighted by molar-refractivity contribution is -0.142. The summed E-state index contributed by atoms with van der Waals surface area (Å²) in [5.41, 5.74) is 2.71. The van der Waals surface area contributed by atoms with Gasteiger partial charge in [0.2, 0.25) is 0 Å². The number of benzene rings is 1. The van der Waals surface area contributed by atoms with Crippen LogP contribution in [0.5, 0.6) is 5.75 Å². The fraction of sp³-hybridized carbons (Fsp3) is 0.450. The highest BCUT2D eigenvalue weighted by atomic mass is 32.2. The molecule has 0 saturated heterocycles. The Hall–Kier alpha value is -2.68. The Morgan fingerprint density at radius 1 is 1.41 bits per heavy atom.